The lowest BCUT2D eigenvalue weighted by atomic mass is 10.1. The Labute approximate surface area is 170 Å². The van der Waals surface area contributed by atoms with Crippen molar-refractivity contribution in [2.24, 2.45) is 0 Å². The quantitative estimate of drug-likeness (QED) is 0.612. The molecule has 29 heavy (non-hydrogen) atoms. The van der Waals surface area contributed by atoms with Crippen LogP contribution in [0.15, 0.2) is 36.4 Å². The molecule has 0 radical (unpaired) electrons. The molecule has 1 N–H and O–H groups in total. The van der Waals surface area contributed by atoms with Crippen LogP contribution in [-0.2, 0) is 14.3 Å². The van der Waals surface area contributed by atoms with Crippen LogP contribution in [0.2, 0.25) is 0 Å². The summed E-state index contributed by atoms with van der Waals surface area (Å²) in [6.07, 6.45) is 0. The number of rotatable bonds is 10. The second-order valence-corrected chi connectivity index (χ2v) is 6.29. The summed E-state index contributed by atoms with van der Waals surface area (Å²) in [5, 5.41) is 2.66. The monoisotopic (exact) mass is 401 g/mol. The van der Waals surface area contributed by atoms with Crippen LogP contribution in [-0.4, -0.2) is 38.3 Å². The van der Waals surface area contributed by atoms with E-state index in [2.05, 4.69) is 5.32 Å². The first-order valence-corrected chi connectivity index (χ1v) is 9.48. The number of carbonyl (C=O) groups excluding carboxylic acids is 2. The Bertz CT molecular complexity index is 849. The molecule has 0 aliphatic carbocycles. The van der Waals surface area contributed by atoms with Gasteiger partial charge in [0, 0.05) is 11.8 Å². The lowest BCUT2D eigenvalue weighted by Crippen LogP contribution is -2.23. The second kappa shape index (κ2) is 10.9. The summed E-state index contributed by atoms with van der Waals surface area (Å²) in [6, 6.07) is 10.7. The fourth-order valence-corrected chi connectivity index (χ4v) is 2.61. The van der Waals surface area contributed by atoms with Crippen molar-refractivity contribution in [1.29, 1.82) is 0 Å². The van der Waals surface area contributed by atoms with Crippen LogP contribution in [0.5, 0.6) is 17.2 Å². The predicted octanol–water partition coefficient (Wildman–Crippen LogP) is 3.66. The third kappa shape index (κ3) is 7.03. The third-order valence-electron chi connectivity index (χ3n) is 3.87. The van der Waals surface area contributed by atoms with Crippen LogP contribution in [0.1, 0.15) is 25.0 Å². The number of benzene rings is 2. The number of carbonyl (C=O) groups is 2. The van der Waals surface area contributed by atoms with Gasteiger partial charge in [-0.1, -0.05) is 17.7 Å². The number of amides is 1. The maximum Gasteiger partial charge on any atom is 0.344 e. The summed E-state index contributed by atoms with van der Waals surface area (Å²) in [5.74, 6) is 0.654. The summed E-state index contributed by atoms with van der Waals surface area (Å²) in [4.78, 5) is 23.9. The molecule has 1 amide bonds. The maximum absolute atomic E-state index is 12.1. The van der Waals surface area contributed by atoms with Crippen LogP contribution in [0.4, 0.5) is 5.69 Å². The van der Waals surface area contributed by atoms with Gasteiger partial charge in [0.05, 0.1) is 13.2 Å². The molecule has 0 fully saturated rings. The van der Waals surface area contributed by atoms with Gasteiger partial charge in [-0.2, -0.15) is 0 Å². The fraction of sp³-hybridized carbons (Fsp3) is 0.364. The SMILES string of the molecule is CCOc1ccc(NC(=O)COC(=O)COc2ccc(C)cc2C)cc1OCC. The molecule has 0 spiro atoms. The molecule has 0 heterocycles. The number of aryl methyl sites for hydroxylation is 2. The molecule has 0 aromatic heterocycles. The zero-order valence-corrected chi connectivity index (χ0v) is 17.2. The smallest absolute Gasteiger partial charge is 0.344 e. The van der Waals surface area contributed by atoms with Gasteiger partial charge in [-0.3, -0.25) is 4.79 Å². The van der Waals surface area contributed by atoms with Crippen LogP contribution < -0.4 is 19.5 Å². The van der Waals surface area contributed by atoms with Gasteiger partial charge in [0.15, 0.2) is 24.7 Å². The number of esters is 1. The van der Waals surface area contributed by atoms with Gasteiger partial charge in [-0.15, -0.1) is 0 Å². The van der Waals surface area contributed by atoms with E-state index in [9.17, 15) is 9.59 Å². The maximum atomic E-state index is 12.1. The molecule has 0 aliphatic rings. The first kappa shape index (κ1) is 22.1. The van der Waals surface area contributed by atoms with Crippen molar-refractivity contribution in [3.05, 3.63) is 47.5 Å². The Hall–Kier alpha value is -3.22. The van der Waals surface area contributed by atoms with E-state index in [4.69, 9.17) is 18.9 Å². The standard InChI is InChI=1S/C22H27NO6/c1-5-26-19-10-8-17(12-20(19)27-6-2)23-21(24)13-29-22(25)14-28-18-9-7-15(3)11-16(18)4/h7-12H,5-6,13-14H2,1-4H3,(H,23,24). The Balaban J connectivity index is 1.82. The number of hydrogen-bond acceptors (Lipinski definition) is 6. The molecule has 7 heteroatoms. The van der Waals surface area contributed by atoms with Gasteiger partial charge in [0.2, 0.25) is 0 Å². The van der Waals surface area contributed by atoms with Crippen LogP contribution in [0.3, 0.4) is 0 Å². The van der Waals surface area contributed by atoms with Crippen molar-refractivity contribution in [1.82, 2.24) is 0 Å². The number of ether oxygens (including phenoxy) is 4. The summed E-state index contributed by atoms with van der Waals surface area (Å²) in [5.41, 5.74) is 2.55. The minimum atomic E-state index is -0.623. The van der Waals surface area contributed by atoms with Crippen LogP contribution in [0, 0.1) is 13.8 Å². The molecule has 0 atom stereocenters. The molecule has 0 aliphatic heterocycles. The van der Waals surface area contributed by atoms with Crippen molar-refractivity contribution >= 4 is 17.6 Å². The van der Waals surface area contributed by atoms with Gasteiger partial charge in [-0.05, 0) is 51.5 Å². The van der Waals surface area contributed by atoms with Crippen molar-refractivity contribution < 1.29 is 28.5 Å². The van der Waals surface area contributed by atoms with Gasteiger partial charge in [-0.25, -0.2) is 4.79 Å². The van der Waals surface area contributed by atoms with E-state index < -0.39 is 18.5 Å². The number of nitrogens with one attached hydrogen (secondary N) is 1. The largest absolute Gasteiger partial charge is 0.490 e. The molecule has 0 bridgehead atoms. The van der Waals surface area contributed by atoms with Crippen LogP contribution in [0.25, 0.3) is 0 Å². The average Bonchev–Trinajstić information content (AvgIpc) is 2.68. The number of hydrogen-bond donors (Lipinski definition) is 1. The highest BCUT2D eigenvalue weighted by molar-refractivity contribution is 5.93. The first-order chi connectivity index (χ1) is 13.9. The van der Waals surface area contributed by atoms with Crippen LogP contribution >= 0.6 is 0 Å². The normalized spacial score (nSPS) is 10.2. The molecule has 7 nitrogen and oxygen atoms in total. The topological polar surface area (TPSA) is 83.1 Å². The predicted molar refractivity (Wildman–Crippen MR) is 110 cm³/mol. The Kier molecular flexibility index (Phi) is 8.33. The number of anilines is 1. The Morgan fingerprint density at radius 1 is 0.828 bits per heavy atom. The lowest BCUT2D eigenvalue weighted by molar-refractivity contribution is -0.149. The minimum absolute atomic E-state index is 0.269. The van der Waals surface area contributed by atoms with E-state index in [1.54, 1.807) is 24.3 Å². The molecule has 0 saturated carbocycles. The Morgan fingerprint density at radius 3 is 2.21 bits per heavy atom. The van der Waals surface area contributed by atoms with E-state index in [0.717, 1.165) is 11.1 Å². The van der Waals surface area contributed by atoms with Crippen molar-refractivity contribution in [2.45, 2.75) is 27.7 Å². The molecule has 0 unspecified atom stereocenters. The summed E-state index contributed by atoms with van der Waals surface area (Å²) < 4.78 is 21.4. The molecule has 2 rings (SSSR count). The highest BCUT2D eigenvalue weighted by atomic mass is 16.6. The zero-order chi connectivity index (χ0) is 21.2. The van der Waals surface area contributed by atoms with Crippen molar-refractivity contribution in [3.8, 4) is 17.2 Å². The average molecular weight is 401 g/mol. The van der Waals surface area contributed by atoms with E-state index in [1.165, 1.54) is 0 Å². The van der Waals surface area contributed by atoms with Gasteiger partial charge in [0.1, 0.15) is 5.75 Å². The van der Waals surface area contributed by atoms with Crippen molar-refractivity contribution in [3.63, 3.8) is 0 Å². The molecular formula is C22H27NO6. The minimum Gasteiger partial charge on any atom is -0.490 e. The highest BCUT2D eigenvalue weighted by Gasteiger charge is 2.12. The molecule has 2 aromatic carbocycles. The van der Waals surface area contributed by atoms with Gasteiger partial charge >= 0.3 is 5.97 Å². The summed E-state index contributed by atoms with van der Waals surface area (Å²) in [6.45, 7) is 7.91. The first-order valence-electron chi connectivity index (χ1n) is 9.48. The Morgan fingerprint density at radius 2 is 1.52 bits per heavy atom. The molecule has 2 aromatic rings. The highest BCUT2D eigenvalue weighted by Crippen LogP contribution is 2.30. The second-order valence-electron chi connectivity index (χ2n) is 6.29. The van der Waals surface area contributed by atoms with Gasteiger partial charge in [0.25, 0.3) is 5.91 Å². The zero-order valence-electron chi connectivity index (χ0n) is 17.2. The molecular weight excluding hydrogens is 374 g/mol. The van der Waals surface area contributed by atoms with Gasteiger partial charge < -0.3 is 24.3 Å². The third-order valence-corrected chi connectivity index (χ3v) is 3.87. The summed E-state index contributed by atoms with van der Waals surface area (Å²) in [7, 11) is 0. The van der Waals surface area contributed by atoms with E-state index in [1.807, 2.05) is 39.8 Å². The van der Waals surface area contributed by atoms with E-state index in [-0.39, 0.29) is 6.61 Å². The van der Waals surface area contributed by atoms with E-state index >= 15 is 0 Å². The molecule has 0 saturated heterocycles. The van der Waals surface area contributed by atoms with E-state index in [0.29, 0.717) is 36.1 Å². The summed E-state index contributed by atoms with van der Waals surface area (Å²) >= 11 is 0. The lowest BCUT2D eigenvalue weighted by Gasteiger charge is -2.13. The fourth-order valence-electron chi connectivity index (χ4n) is 2.61. The molecule has 156 valence electrons. The van der Waals surface area contributed by atoms with Crippen molar-refractivity contribution in [2.75, 3.05) is 31.7 Å².